The molecule has 1 amide bonds. The highest BCUT2D eigenvalue weighted by atomic mass is 32.1. The number of benzene rings is 1. The van der Waals surface area contributed by atoms with Crippen LogP contribution in [0.3, 0.4) is 0 Å². The van der Waals surface area contributed by atoms with Gasteiger partial charge in [0, 0.05) is 30.3 Å². The maximum atomic E-state index is 12.8. The first-order chi connectivity index (χ1) is 13.2. The van der Waals surface area contributed by atoms with Gasteiger partial charge in [0.05, 0.1) is 13.2 Å². The van der Waals surface area contributed by atoms with Crippen molar-refractivity contribution in [3.05, 3.63) is 52.5 Å². The minimum Gasteiger partial charge on any atom is -0.497 e. The number of amides is 1. The van der Waals surface area contributed by atoms with Crippen molar-refractivity contribution in [2.75, 3.05) is 13.7 Å². The minimum atomic E-state index is 0.108. The highest BCUT2D eigenvalue weighted by molar-refractivity contribution is 7.08. The van der Waals surface area contributed by atoms with Crippen molar-refractivity contribution in [2.24, 2.45) is 0 Å². The third-order valence-corrected chi connectivity index (χ3v) is 5.54. The number of rotatable bonds is 6. The summed E-state index contributed by atoms with van der Waals surface area (Å²) >= 11 is 1.59. The molecule has 1 saturated heterocycles. The van der Waals surface area contributed by atoms with Crippen molar-refractivity contribution in [1.82, 2.24) is 15.0 Å². The molecule has 1 fully saturated rings. The molecule has 0 bridgehead atoms. The fourth-order valence-corrected chi connectivity index (χ4v) is 4.12. The zero-order chi connectivity index (χ0) is 18.6. The summed E-state index contributed by atoms with van der Waals surface area (Å²) in [6.45, 7) is 0.782. The number of thiophene rings is 1. The number of hydrogen-bond donors (Lipinski definition) is 0. The monoisotopic (exact) mass is 383 g/mol. The molecule has 0 N–H and O–H groups in total. The number of methoxy groups -OCH3 is 1. The van der Waals surface area contributed by atoms with E-state index in [-0.39, 0.29) is 11.9 Å². The lowest BCUT2D eigenvalue weighted by Gasteiger charge is -2.25. The van der Waals surface area contributed by atoms with Crippen LogP contribution in [-0.4, -0.2) is 34.6 Å². The first kappa shape index (κ1) is 17.7. The molecule has 3 heterocycles. The largest absolute Gasteiger partial charge is 0.497 e. The number of likely N-dealkylation sites (tertiary alicyclic amines) is 1. The number of carbonyl (C=O) groups is 1. The summed E-state index contributed by atoms with van der Waals surface area (Å²) < 4.78 is 10.6. The average Bonchev–Trinajstić information content (AvgIpc) is 3.47. The van der Waals surface area contributed by atoms with E-state index >= 15 is 0 Å². The van der Waals surface area contributed by atoms with Gasteiger partial charge in [-0.05, 0) is 42.0 Å². The molecule has 1 aromatic carbocycles. The van der Waals surface area contributed by atoms with E-state index < -0.39 is 0 Å². The van der Waals surface area contributed by atoms with Crippen LogP contribution in [0.15, 0.2) is 45.6 Å². The van der Waals surface area contributed by atoms with Crippen molar-refractivity contribution >= 4 is 17.2 Å². The number of carbonyl (C=O) groups excluding carboxylic acids is 1. The average molecular weight is 383 g/mol. The molecule has 7 heteroatoms. The van der Waals surface area contributed by atoms with Crippen LogP contribution in [0.5, 0.6) is 5.75 Å². The van der Waals surface area contributed by atoms with Crippen molar-refractivity contribution in [2.45, 2.75) is 31.7 Å². The summed E-state index contributed by atoms with van der Waals surface area (Å²) in [6, 6.07) is 10.0. The van der Waals surface area contributed by atoms with E-state index in [1.54, 1.807) is 18.4 Å². The summed E-state index contributed by atoms with van der Waals surface area (Å²) in [5.41, 5.74) is 2.07. The van der Waals surface area contributed by atoms with Crippen molar-refractivity contribution < 1.29 is 14.1 Å². The maximum Gasteiger partial charge on any atom is 0.227 e. The van der Waals surface area contributed by atoms with E-state index in [1.165, 1.54) is 0 Å². The zero-order valence-electron chi connectivity index (χ0n) is 15.1. The lowest BCUT2D eigenvalue weighted by atomic mass is 10.0. The second-order valence-corrected chi connectivity index (χ2v) is 7.33. The van der Waals surface area contributed by atoms with Gasteiger partial charge in [0.15, 0.2) is 0 Å². The fourth-order valence-electron chi connectivity index (χ4n) is 3.48. The highest BCUT2D eigenvalue weighted by Gasteiger charge is 2.30. The van der Waals surface area contributed by atoms with Crippen molar-refractivity contribution in [3.8, 4) is 17.1 Å². The number of ether oxygens (including phenoxy) is 1. The van der Waals surface area contributed by atoms with Gasteiger partial charge in [-0.2, -0.15) is 16.3 Å². The number of hydrogen-bond acceptors (Lipinski definition) is 6. The standard InChI is InChI=1S/C20H21N3O3S/c1-25-16-5-2-4-14(12-16)17-6-3-10-23(17)19(24)8-7-18-21-20(22-26-18)15-9-11-27-13-15/h2,4-5,9,11-13,17H,3,6-8,10H2,1H3. The van der Waals surface area contributed by atoms with E-state index in [9.17, 15) is 4.79 Å². The van der Waals surface area contributed by atoms with Gasteiger partial charge in [0.1, 0.15) is 5.75 Å². The molecule has 27 heavy (non-hydrogen) atoms. The Morgan fingerprint density at radius 2 is 2.33 bits per heavy atom. The lowest BCUT2D eigenvalue weighted by molar-refractivity contribution is -0.132. The van der Waals surface area contributed by atoms with Gasteiger partial charge >= 0.3 is 0 Å². The van der Waals surface area contributed by atoms with E-state index in [1.807, 2.05) is 39.9 Å². The Hall–Kier alpha value is -2.67. The molecule has 1 aliphatic rings. The summed E-state index contributed by atoms with van der Waals surface area (Å²) in [5.74, 6) is 2.02. The molecule has 6 nitrogen and oxygen atoms in total. The smallest absolute Gasteiger partial charge is 0.227 e. The lowest BCUT2D eigenvalue weighted by Crippen LogP contribution is -2.30. The summed E-state index contributed by atoms with van der Waals surface area (Å²) in [5, 5.41) is 7.95. The van der Waals surface area contributed by atoms with Gasteiger partial charge in [-0.1, -0.05) is 17.3 Å². The molecule has 140 valence electrons. The summed E-state index contributed by atoms with van der Waals surface area (Å²) in [7, 11) is 1.66. The van der Waals surface area contributed by atoms with Gasteiger partial charge in [-0.3, -0.25) is 4.79 Å². The second-order valence-electron chi connectivity index (χ2n) is 6.55. The Morgan fingerprint density at radius 1 is 1.41 bits per heavy atom. The van der Waals surface area contributed by atoms with Crippen LogP contribution < -0.4 is 4.74 Å². The number of nitrogens with zero attached hydrogens (tertiary/aromatic N) is 3. The summed E-state index contributed by atoms with van der Waals surface area (Å²) in [6.07, 6.45) is 2.81. The minimum absolute atomic E-state index is 0.108. The third kappa shape index (κ3) is 3.88. The Bertz CT molecular complexity index is 907. The second kappa shape index (κ2) is 7.92. The fraction of sp³-hybridized carbons (Fsp3) is 0.350. The Balaban J connectivity index is 1.40. The molecule has 3 aromatic rings. The predicted molar refractivity (Wildman–Crippen MR) is 103 cm³/mol. The third-order valence-electron chi connectivity index (χ3n) is 4.85. The van der Waals surface area contributed by atoms with E-state index in [0.29, 0.717) is 24.6 Å². The van der Waals surface area contributed by atoms with Crippen LogP contribution >= 0.6 is 11.3 Å². The molecule has 2 aromatic heterocycles. The van der Waals surface area contributed by atoms with Crippen LogP contribution in [0, 0.1) is 0 Å². The van der Waals surface area contributed by atoms with Gasteiger partial charge in [0.2, 0.25) is 17.6 Å². The Labute approximate surface area is 161 Å². The van der Waals surface area contributed by atoms with Crippen LogP contribution in [-0.2, 0) is 11.2 Å². The molecule has 0 aliphatic carbocycles. The molecule has 1 atom stereocenters. The molecular formula is C20H21N3O3S. The van der Waals surface area contributed by atoms with Gasteiger partial charge in [-0.25, -0.2) is 0 Å². The molecule has 1 aliphatic heterocycles. The topological polar surface area (TPSA) is 68.5 Å². The molecule has 0 radical (unpaired) electrons. The van der Waals surface area contributed by atoms with Crippen LogP contribution in [0.25, 0.3) is 11.4 Å². The van der Waals surface area contributed by atoms with Crippen molar-refractivity contribution in [1.29, 1.82) is 0 Å². The van der Waals surface area contributed by atoms with E-state index in [4.69, 9.17) is 9.26 Å². The quantitative estimate of drug-likeness (QED) is 0.641. The first-order valence-corrected chi connectivity index (χ1v) is 9.97. The number of aromatic nitrogens is 2. The number of aryl methyl sites for hydroxylation is 1. The molecular weight excluding hydrogens is 362 g/mol. The normalized spacial score (nSPS) is 16.6. The van der Waals surface area contributed by atoms with E-state index in [0.717, 1.165) is 36.3 Å². The highest BCUT2D eigenvalue weighted by Crippen LogP contribution is 2.34. The Morgan fingerprint density at radius 3 is 3.15 bits per heavy atom. The predicted octanol–water partition coefficient (Wildman–Crippen LogP) is 4.10. The van der Waals surface area contributed by atoms with E-state index in [2.05, 4.69) is 16.2 Å². The maximum absolute atomic E-state index is 12.8. The van der Waals surface area contributed by atoms with Gasteiger partial charge in [-0.15, -0.1) is 0 Å². The van der Waals surface area contributed by atoms with Gasteiger partial charge < -0.3 is 14.2 Å². The zero-order valence-corrected chi connectivity index (χ0v) is 15.9. The molecule has 4 rings (SSSR count). The Kier molecular flexibility index (Phi) is 5.20. The van der Waals surface area contributed by atoms with Crippen LogP contribution in [0.4, 0.5) is 0 Å². The van der Waals surface area contributed by atoms with Crippen LogP contribution in [0.1, 0.15) is 36.8 Å². The van der Waals surface area contributed by atoms with Crippen LogP contribution in [0.2, 0.25) is 0 Å². The van der Waals surface area contributed by atoms with Crippen molar-refractivity contribution in [3.63, 3.8) is 0 Å². The SMILES string of the molecule is COc1cccc(C2CCCN2C(=O)CCc2nc(-c3ccsc3)no2)c1. The summed E-state index contributed by atoms with van der Waals surface area (Å²) in [4.78, 5) is 19.2. The first-order valence-electron chi connectivity index (χ1n) is 9.03. The molecule has 0 spiro atoms. The molecule has 1 unspecified atom stereocenters. The molecule has 0 saturated carbocycles. The van der Waals surface area contributed by atoms with Gasteiger partial charge in [0.25, 0.3) is 0 Å².